The van der Waals surface area contributed by atoms with E-state index in [0.29, 0.717) is 25.3 Å². The van der Waals surface area contributed by atoms with E-state index in [4.69, 9.17) is 4.74 Å². The lowest BCUT2D eigenvalue weighted by Gasteiger charge is -2.11. The zero-order valence-electron chi connectivity index (χ0n) is 12.4. The third kappa shape index (κ3) is 5.89. The number of carbonyl (C=O) groups excluding carboxylic acids is 1. The van der Waals surface area contributed by atoms with Gasteiger partial charge in [-0.15, -0.1) is 0 Å². The molecular weight excluding hydrogens is 252 g/mol. The fourth-order valence-electron chi connectivity index (χ4n) is 1.67. The van der Waals surface area contributed by atoms with Crippen LogP contribution >= 0.6 is 0 Å². The normalized spacial score (nSPS) is 10.1. The van der Waals surface area contributed by atoms with Crippen LogP contribution < -0.4 is 10.6 Å². The number of hydrogen-bond donors (Lipinski definition) is 2. The fourth-order valence-corrected chi connectivity index (χ4v) is 1.67. The van der Waals surface area contributed by atoms with Crippen LogP contribution in [0.4, 0.5) is 5.69 Å². The Balaban J connectivity index is 2.44. The molecule has 1 amide bonds. The molecule has 0 heterocycles. The number of hydrogen-bond acceptors (Lipinski definition) is 3. The minimum Gasteiger partial charge on any atom is -0.384 e. The van der Waals surface area contributed by atoms with Gasteiger partial charge in [-0.05, 0) is 25.5 Å². The number of nitrogens with one attached hydrogen (secondary N) is 2. The fraction of sp³-hybridized carbons (Fsp3) is 0.438. The third-order valence-corrected chi connectivity index (χ3v) is 2.62. The van der Waals surface area contributed by atoms with Crippen LogP contribution in [0.15, 0.2) is 36.4 Å². The van der Waals surface area contributed by atoms with Gasteiger partial charge in [0.25, 0.3) is 5.91 Å². The van der Waals surface area contributed by atoms with Gasteiger partial charge in [-0.3, -0.25) is 4.79 Å². The Bertz CT molecular complexity index is 444. The second-order valence-corrected chi connectivity index (χ2v) is 4.74. The number of carbonyl (C=O) groups is 1. The average Bonchev–Trinajstić information content (AvgIpc) is 2.44. The van der Waals surface area contributed by atoms with Crippen LogP contribution in [0.2, 0.25) is 0 Å². The lowest BCUT2D eigenvalue weighted by molar-refractivity contribution is 0.0927. The molecule has 110 valence electrons. The molecule has 0 unspecified atom stereocenters. The summed E-state index contributed by atoms with van der Waals surface area (Å²) in [6.45, 7) is 10.1. The van der Waals surface area contributed by atoms with E-state index < -0.39 is 0 Å². The first-order valence-corrected chi connectivity index (χ1v) is 6.98. The van der Waals surface area contributed by atoms with Crippen molar-refractivity contribution in [3.63, 3.8) is 0 Å². The zero-order chi connectivity index (χ0) is 14.8. The predicted octanol–water partition coefficient (Wildman–Crippen LogP) is 2.83. The largest absolute Gasteiger partial charge is 0.384 e. The molecule has 0 aliphatic rings. The van der Waals surface area contributed by atoms with Gasteiger partial charge in [0.1, 0.15) is 0 Å². The molecule has 20 heavy (non-hydrogen) atoms. The first-order valence-electron chi connectivity index (χ1n) is 6.98. The van der Waals surface area contributed by atoms with Crippen molar-refractivity contribution in [1.82, 2.24) is 5.32 Å². The van der Waals surface area contributed by atoms with Crippen molar-refractivity contribution >= 4 is 11.6 Å². The van der Waals surface area contributed by atoms with Crippen molar-refractivity contribution in [3.8, 4) is 0 Å². The van der Waals surface area contributed by atoms with Crippen LogP contribution in [0.25, 0.3) is 0 Å². The van der Waals surface area contributed by atoms with E-state index in [1.165, 1.54) is 0 Å². The highest BCUT2D eigenvalue weighted by molar-refractivity contribution is 5.99. The van der Waals surface area contributed by atoms with Crippen molar-refractivity contribution in [2.75, 3.05) is 31.6 Å². The SMILES string of the molecule is C=C(C)COCCNC(=O)c1ccccc1NCCC. The standard InChI is InChI=1S/C16H24N2O2/c1-4-9-17-15-8-6-5-7-14(15)16(19)18-10-11-20-12-13(2)3/h5-8,17H,2,4,9-12H2,1,3H3,(H,18,19). The maximum Gasteiger partial charge on any atom is 0.253 e. The topological polar surface area (TPSA) is 50.4 Å². The van der Waals surface area contributed by atoms with Crippen LogP contribution in [0.5, 0.6) is 0 Å². The number of para-hydroxylation sites is 1. The van der Waals surface area contributed by atoms with Crippen molar-refractivity contribution in [3.05, 3.63) is 42.0 Å². The molecule has 0 fully saturated rings. The van der Waals surface area contributed by atoms with Gasteiger partial charge < -0.3 is 15.4 Å². The minimum atomic E-state index is -0.0804. The van der Waals surface area contributed by atoms with Crippen molar-refractivity contribution in [1.29, 1.82) is 0 Å². The first kappa shape index (κ1) is 16.2. The van der Waals surface area contributed by atoms with Crippen molar-refractivity contribution in [2.24, 2.45) is 0 Å². The zero-order valence-corrected chi connectivity index (χ0v) is 12.4. The van der Waals surface area contributed by atoms with Gasteiger partial charge in [0.2, 0.25) is 0 Å². The molecule has 1 rings (SSSR count). The van der Waals surface area contributed by atoms with Gasteiger partial charge in [-0.25, -0.2) is 0 Å². The highest BCUT2D eigenvalue weighted by Crippen LogP contribution is 2.14. The van der Waals surface area contributed by atoms with Gasteiger partial charge in [0.15, 0.2) is 0 Å². The summed E-state index contributed by atoms with van der Waals surface area (Å²) in [5.74, 6) is -0.0804. The summed E-state index contributed by atoms with van der Waals surface area (Å²) in [4.78, 5) is 12.1. The summed E-state index contributed by atoms with van der Waals surface area (Å²) in [6.07, 6.45) is 1.02. The number of benzene rings is 1. The molecule has 0 saturated heterocycles. The quantitative estimate of drug-likeness (QED) is 0.538. The van der Waals surface area contributed by atoms with Crippen molar-refractivity contribution in [2.45, 2.75) is 20.3 Å². The van der Waals surface area contributed by atoms with E-state index in [-0.39, 0.29) is 5.91 Å². The van der Waals surface area contributed by atoms with Crippen LogP contribution in [0.1, 0.15) is 30.6 Å². The van der Waals surface area contributed by atoms with Gasteiger partial charge >= 0.3 is 0 Å². The van der Waals surface area contributed by atoms with E-state index in [9.17, 15) is 4.79 Å². The van der Waals surface area contributed by atoms with Gasteiger partial charge in [-0.2, -0.15) is 0 Å². The second-order valence-electron chi connectivity index (χ2n) is 4.74. The summed E-state index contributed by atoms with van der Waals surface area (Å²) in [7, 11) is 0. The smallest absolute Gasteiger partial charge is 0.253 e. The van der Waals surface area contributed by atoms with Crippen LogP contribution in [-0.4, -0.2) is 32.2 Å². The Hall–Kier alpha value is -1.81. The third-order valence-electron chi connectivity index (χ3n) is 2.62. The minimum absolute atomic E-state index is 0.0804. The Morgan fingerprint density at radius 2 is 2.05 bits per heavy atom. The maximum atomic E-state index is 12.1. The molecule has 0 saturated carbocycles. The van der Waals surface area contributed by atoms with Gasteiger partial charge in [0, 0.05) is 18.8 Å². The lowest BCUT2D eigenvalue weighted by atomic mass is 10.1. The van der Waals surface area contributed by atoms with Crippen LogP contribution in [-0.2, 0) is 4.74 Å². The number of amides is 1. The predicted molar refractivity (Wildman–Crippen MR) is 83.2 cm³/mol. The summed E-state index contributed by atoms with van der Waals surface area (Å²) in [5, 5.41) is 6.11. The van der Waals surface area contributed by atoms with Gasteiger partial charge in [-0.1, -0.05) is 31.2 Å². The summed E-state index contributed by atoms with van der Waals surface area (Å²) in [5.41, 5.74) is 2.51. The average molecular weight is 276 g/mol. The second kappa shape index (κ2) is 9.15. The van der Waals surface area contributed by atoms with Crippen molar-refractivity contribution < 1.29 is 9.53 Å². The van der Waals surface area contributed by atoms with Crippen LogP contribution in [0.3, 0.4) is 0 Å². The highest BCUT2D eigenvalue weighted by atomic mass is 16.5. The van der Waals surface area contributed by atoms with E-state index in [0.717, 1.165) is 24.2 Å². The summed E-state index contributed by atoms with van der Waals surface area (Å²) >= 11 is 0. The molecule has 0 spiro atoms. The Labute approximate surface area is 121 Å². The van der Waals surface area contributed by atoms with E-state index >= 15 is 0 Å². The van der Waals surface area contributed by atoms with Crippen LogP contribution in [0, 0.1) is 0 Å². The molecule has 0 aliphatic carbocycles. The Morgan fingerprint density at radius 3 is 2.75 bits per heavy atom. The maximum absolute atomic E-state index is 12.1. The lowest BCUT2D eigenvalue weighted by Crippen LogP contribution is -2.28. The summed E-state index contributed by atoms with van der Waals surface area (Å²) in [6, 6.07) is 7.53. The number of anilines is 1. The molecule has 1 aromatic carbocycles. The summed E-state index contributed by atoms with van der Waals surface area (Å²) < 4.78 is 5.35. The van der Waals surface area contributed by atoms with Gasteiger partial charge in [0.05, 0.1) is 18.8 Å². The first-order chi connectivity index (χ1) is 9.65. The number of ether oxygens (including phenoxy) is 1. The monoisotopic (exact) mass is 276 g/mol. The Kier molecular flexibility index (Phi) is 7.43. The van der Waals surface area contributed by atoms with E-state index in [1.54, 1.807) is 0 Å². The molecule has 4 heteroatoms. The Morgan fingerprint density at radius 1 is 1.30 bits per heavy atom. The molecular formula is C16H24N2O2. The molecule has 0 aromatic heterocycles. The van der Waals surface area contributed by atoms with E-state index in [1.807, 2.05) is 31.2 Å². The molecule has 0 bridgehead atoms. The highest BCUT2D eigenvalue weighted by Gasteiger charge is 2.09. The molecule has 0 atom stereocenters. The molecule has 1 aromatic rings. The molecule has 0 aliphatic heterocycles. The number of rotatable bonds is 9. The van der Waals surface area contributed by atoms with E-state index in [2.05, 4.69) is 24.1 Å². The molecule has 0 radical (unpaired) electrons. The molecule has 4 nitrogen and oxygen atoms in total. The molecule has 2 N–H and O–H groups in total.